The highest BCUT2D eigenvalue weighted by Crippen LogP contribution is 2.50. The van der Waals surface area contributed by atoms with Crippen LogP contribution in [0.2, 0.25) is 0 Å². The third kappa shape index (κ3) is 1.95. The highest BCUT2D eigenvalue weighted by Gasteiger charge is 2.73. The average molecular weight is 226 g/mol. The van der Waals surface area contributed by atoms with Gasteiger partial charge in [0, 0.05) is 5.92 Å². The van der Waals surface area contributed by atoms with Gasteiger partial charge in [-0.1, -0.05) is 13.8 Å². The van der Waals surface area contributed by atoms with E-state index in [0.29, 0.717) is 6.92 Å². The fraction of sp³-hybridized carbons (Fsp3) is 1.00. The van der Waals surface area contributed by atoms with E-state index in [1.807, 2.05) is 0 Å². The molecule has 0 spiro atoms. The quantitative estimate of drug-likeness (QED) is 0.641. The Bertz CT molecular complexity index is 193. The predicted octanol–water partition coefficient (Wildman–Crippen LogP) is 3.87. The summed E-state index contributed by atoms with van der Waals surface area (Å²) in [5.74, 6) is -13.1. The molecule has 0 aliphatic heterocycles. The third-order valence-electron chi connectivity index (χ3n) is 2.01. The van der Waals surface area contributed by atoms with Crippen molar-refractivity contribution < 1.29 is 30.7 Å². The van der Waals surface area contributed by atoms with Crippen molar-refractivity contribution in [3.05, 3.63) is 0 Å². The van der Waals surface area contributed by atoms with Gasteiger partial charge in [-0.2, -0.15) is 30.7 Å². The van der Waals surface area contributed by atoms with E-state index in [2.05, 4.69) is 0 Å². The van der Waals surface area contributed by atoms with Crippen molar-refractivity contribution in [2.45, 2.75) is 38.3 Å². The summed E-state index contributed by atoms with van der Waals surface area (Å²) in [5.41, 5.74) is 0. The molecule has 1 atom stereocenters. The van der Waals surface area contributed by atoms with Crippen LogP contribution in [0.1, 0.15) is 20.3 Å². The molecule has 0 aromatic rings. The van der Waals surface area contributed by atoms with E-state index in [0.717, 1.165) is 6.92 Å². The largest absolute Gasteiger partial charge is 0.459 e. The van der Waals surface area contributed by atoms with Crippen LogP contribution >= 0.6 is 0 Å². The number of halogens is 7. The highest BCUT2D eigenvalue weighted by molar-refractivity contribution is 4.93. The smallest absolute Gasteiger partial charge is 0.199 e. The van der Waals surface area contributed by atoms with Crippen LogP contribution in [0.15, 0.2) is 0 Å². The van der Waals surface area contributed by atoms with Crippen molar-refractivity contribution in [2.75, 3.05) is 0 Å². The molecule has 0 bridgehead atoms. The van der Waals surface area contributed by atoms with Gasteiger partial charge in [0.1, 0.15) is 0 Å². The summed E-state index contributed by atoms with van der Waals surface area (Å²) in [5, 5.41) is 0. The number of hydrogen-bond donors (Lipinski definition) is 0. The molecule has 0 fully saturated rings. The monoisotopic (exact) mass is 226 g/mol. The maximum Gasteiger partial charge on any atom is 0.459 e. The maximum absolute atomic E-state index is 12.6. The molecule has 0 heterocycles. The van der Waals surface area contributed by atoms with Gasteiger partial charge >= 0.3 is 18.0 Å². The van der Waals surface area contributed by atoms with Gasteiger partial charge in [0.05, 0.1) is 0 Å². The Morgan fingerprint density at radius 3 is 1.50 bits per heavy atom. The van der Waals surface area contributed by atoms with E-state index in [1.165, 1.54) is 0 Å². The van der Waals surface area contributed by atoms with Gasteiger partial charge in [-0.25, -0.2) is 0 Å². The average Bonchev–Trinajstić information content (AvgIpc) is 2.00. The Morgan fingerprint density at radius 1 is 0.929 bits per heavy atom. The normalized spacial score (nSPS) is 16.9. The van der Waals surface area contributed by atoms with Crippen LogP contribution in [0.3, 0.4) is 0 Å². The molecule has 1 unspecified atom stereocenters. The molecule has 0 aliphatic carbocycles. The van der Waals surface area contributed by atoms with Gasteiger partial charge in [0.25, 0.3) is 0 Å². The van der Waals surface area contributed by atoms with Crippen molar-refractivity contribution >= 4 is 0 Å². The summed E-state index contributed by atoms with van der Waals surface area (Å²) in [7, 11) is 0. The molecule has 0 rings (SSSR count). The molecule has 0 nitrogen and oxygen atoms in total. The lowest BCUT2D eigenvalue weighted by Crippen LogP contribution is -2.54. The highest BCUT2D eigenvalue weighted by atomic mass is 19.4. The second-order valence-electron chi connectivity index (χ2n) is 3.00. The van der Waals surface area contributed by atoms with Crippen molar-refractivity contribution in [3.8, 4) is 0 Å². The van der Waals surface area contributed by atoms with Gasteiger partial charge in [0.15, 0.2) is 0 Å². The second kappa shape index (κ2) is 3.58. The molecule has 0 amide bonds. The molecule has 0 aromatic heterocycles. The van der Waals surface area contributed by atoms with Crippen LogP contribution in [-0.2, 0) is 0 Å². The second-order valence-corrected chi connectivity index (χ2v) is 3.00. The minimum absolute atomic E-state index is 0.460. The molecule has 0 aliphatic rings. The van der Waals surface area contributed by atoms with Gasteiger partial charge in [-0.15, -0.1) is 0 Å². The first kappa shape index (κ1) is 13.5. The van der Waals surface area contributed by atoms with E-state index >= 15 is 0 Å². The Hall–Kier alpha value is -0.490. The standard InChI is InChI=1S/C7H9F7/c1-3-4(2)5(8,9)6(10,11)7(12,13)14/h4H,3H2,1-2H3. The van der Waals surface area contributed by atoms with Crippen LogP contribution in [0.4, 0.5) is 30.7 Å². The van der Waals surface area contributed by atoms with E-state index < -0.39 is 30.4 Å². The summed E-state index contributed by atoms with van der Waals surface area (Å²) in [6.45, 7) is 1.77. The van der Waals surface area contributed by atoms with Gasteiger partial charge in [-0.3, -0.25) is 0 Å². The summed E-state index contributed by atoms with van der Waals surface area (Å²) in [6, 6.07) is 0. The van der Waals surface area contributed by atoms with Crippen molar-refractivity contribution in [1.82, 2.24) is 0 Å². The molecule has 0 saturated heterocycles. The maximum atomic E-state index is 12.6. The molecule has 7 heteroatoms. The molecular formula is C7H9F7. The van der Waals surface area contributed by atoms with Crippen molar-refractivity contribution in [3.63, 3.8) is 0 Å². The first-order valence-electron chi connectivity index (χ1n) is 3.80. The van der Waals surface area contributed by atoms with Crippen LogP contribution in [-0.4, -0.2) is 18.0 Å². The summed E-state index contributed by atoms with van der Waals surface area (Å²) < 4.78 is 84.6. The first-order valence-corrected chi connectivity index (χ1v) is 3.80. The molecule has 0 aromatic carbocycles. The zero-order chi connectivity index (χ0) is 11.8. The van der Waals surface area contributed by atoms with Crippen LogP contribution in [0.5, 0.6) is 0 Å². The Balaban J connectivity index is 5.07. The number of hydrogen-bond acceptors (Lipinski definition) is 0. The van der Waals surface area contributed by atoms with Crippen molar-refractivity contribution in [1.29, 1.82) is 0 Å². The zero-order valence-corrected chi connectivity index (χ0v) is 7.43. The summed E-state index contributed by atoms with van der Waals surface area (Å²) in [4.78, 5) is 0. The Kier molecular flexibility index (Phi) is 3.46. The van der Waals surface area contributed by atoms with Crippen LogP contribution in [0.25, 0.3) is 0 Å². The predicted molar refractivity (Wildman–Crippen MR) is 35.4 cm³/mol. The number of alkyl halides is 7. The third-order valence-corrected chi connectivity index (χ3v) is 2.01. The van der Waals surface area contributed by atoms with Gasteiger partial charge in [0.2, 0.25) is 0 Å². The lowest BCUT2D eigenvalue weighted by Gasteiger charge is -2.31. The van der Waals surface area contributed by atoms with Gasteiger partial charge < -0.3 is 0 Å². The minimum atomic E-state index is -6.22. The SMILES string of the molecule is CCC(C)C(F)(F)C(F)(F)C(F)(F)F. The van der Waals surface area contributed by atoms with E-state index in [4.69, 9.17) is 0 Å². The van der Waals surface area contributed by atoms with Gasteiger partial charge in [-0.05, 0) is 6.42 Å². The molecular weight excluding hydrogens is 217 g/mol. The van der Waals surface area contributed by atoms with E-state index in [-0.39, 0.29) is 0 Å². The van der Waals surface area contributed by atoms with Crippen LogP contribution in [0, 0.1) is 5.92 Å². The zero-order valence-electron chi connectivity index (χ0n) is 7.43. The van der Waals surface area contributed by atoms with E-state index in [1.54, 1.807) is 0 Å². The topological polar surface area (TPSA) is 0 Å². The molecule has 0 radical (unpaired) electrons. The molecule has 14 heavy (non-hydrogen) atoms. The first-order chi connectivity index (χ1) is 5.98. The summed E-state index contributed by atoms with van der Waals surface area (Å²) in [6.07, 6.45) is -6.68. The molecule has 0 saturated carbocycles. The lowest BCUT2D eigenvalue weighted by atomic mass is 9.95. The molecule has 0 N–H and O–H groups in total. The molecule has 86 valence electrons. The lowest BCUT2D eigenvalue weighted by molar-refractivity contribution is -0.364. The number of rotatable bonds is 3. The van der Waals surface area contributed by atoms with Crippen molar-refractivity contribution in [2.24, 2.45) is 5.92 Å². The Labute approximate surface area is 76.1 Å². The minimum Gasteiger partial charge on any atom is -0.199 e. The fourth-order valence-electron chi connectivity index (χ4n) is 0.755. The fourth-order valence-corrected chi connectivity index (χ4v) is 0.755. The van der Waals surface area contributed by atoms with Crippen LogP contribution < -0.4 is 0 Å². The summed E-state index contributed by atoms with van der Waals surface area (Å²) >= 11 is 0. The Morgan fingerprint density at radius 2 is 1.29 bits per heavy atom. The van der Waals surface area contributed by atoms with E-state index in [9.17, 15) is 30.7 Å².